The SMILES string of the molecule is OC(CCc1ccc(OCc2ccccc2)cc1)c1cccs1. The maximum Gasteiger partial charge on any atom is 0.119 e. The zero-order valence-corrected chi connectivity index (χ0v) is 13.7. The summed E-state index contributed by atoms with van der Waals surface area (Å²) in [6, 6.07) is 22.2. The normalized spacial score (nSPS) is 12.0. The van der Waals surface area contributed by atoms with Gasteiger partial charge in [0.1, 0.15) is 12.4 Å². The highest BCUT2D eigenvalue weighted by atomic mass is 32.1. The predicted molar refractivity (Wildman–Crippen MR) is 94.8 cm³/mol. The molecule has 1 aromatic heterocycles. The molecule has 118 valence electrons. The minimum absolute atomic E-state index is 0.371. The fourth-order valence-electron chi connectivity index (χ4n) is 2.42. The van der Waals surface area contributed by atoms with Gasteiger partial charge in [-0.15, -0.1) is 11.3 Å². The topological polar surface area (TPSA) is 29.5 Å². The number of hydrogen-bond acceptors (Lipinski definition) is 3. The maximum absolute atomic E-state index is 10.1. The number of ether oxygens (including phenoxy) is 1. The Kier molecular flexibility index (Phi) is 5.46. The van der Waals surface area contributed by atoms with Gasteiger partial charge in [-0.1, -0.05) is 48.5 Å². The van der Waals surface area contributed by atoms with Gasteiger partial charge in [-0.3, -0.25) is 0 Å². The number of aliphatic hydroxyl groups is 1. The molecule has 0 aliphatic carbocycles. The van der Waals surface area contributed by atoms with Crippen LogP contribution in [-0.2, 0) is 13.0 Å². The van der Waals surface area contributed by atoms with Gasteiger partial charge in [0.05, 0.1) is 6.10 Å². The first kappa shape index (κ1) is 15.8. The van der Waals surface area contributed by atoms with Crippen molar-refractivity contribution in [3.63, 3.8) is 0 Å². The summed E-state index contributed by atoms with van der Waals surface area (Å²) in [5.74, 6) is 0.872. The van der Waals surface area contributed by atoms with E-state index in [1.807, 2.05) is 47.8 Å². The van der Waals surface area contributed by atoms with Crippen molar-refractivity contribution >= 4 is 11.3 Å². The third-order valence-electron chi connectivity index (χ3n) is 3.75. The molecular weight excluding hydrogens is 304 g/mol. The predicted octanol–water partition coefficient (Wildman–Crippen LogP) is 4.99. The van der Waals surface area contributed by atoms with Crippen LogP contribution in [0.5, 0.6) is 5.75 Å². The molecule has 0 spiro atoms. The van der Waals surface area contributed by atoms with E-state index in [4.69, 9.17) is 4.74 Å². The van der Waals surface area contributed by atoms with Crippen LogP contribution >= 0.6 is 11.3 Å². The monoisotopic (exact) mass is 324 g/mol. The first-order chi connectivity index (χ1) is 11.3. The lowest BCUT2D eigenvalue weighted by Gasteiger charge is -2.10. The summed E-state index contributed by atoms with van der Waals surface area (Å²) in [7, 11) is 0. The minimum Gasteiger partial charge on any atom is -0.489 e. The highest BCUT2D eigenvalue weighted by Crippen LogP contribution is 2.24. The average Bonchev–Trinajstić information content (AvgIpc) is 3.14. The molecule has 1 heterocycles. The van der Waals surface area contributed by atoms with Gasteiger partial charge in [0.2, 0.25) is 0 Å². The van der Waals surface area contributed by atoms with Crippen molar-refractivity contribution in [2.24, 2.45) is 0 Å². The van der Waals surface area contributed by atoms with Gasteiger partial charge in [0.15, 0.2) is 0 Å². The van der Waals surface area contributed by atoms with Crippen molar-refractivity contribution in [3.05, 3.63) is 88.1 Å². The number of thiophene rings is 1. The summed E-state index contributed by atoms with van der Waals surface area (Å²) in [6.07, 6.45) is 1.23. The first-order valence-corrected chi connectivity index (χ1v) is 8.66. The Hall–Kier alpha value is -2.10. The van der Waals surface area contributed by atoms with Gasteiger partial charge in [-0.05, 0) is 47.5 Å². The first-order valence-electron chi connectivity index (χ1n) is 7.78. The van der Waals surface area contributed by atoms with E-state index in [-0.39, 0.29) is 6.10 Å². The molecule has 2 aromatic carbocycles. The van der Waals surface area contributed by atoms with E-state index in [1.54, 1.807) is 11.3 Å². The van der Waals surface area contributed by atoms with Crippen LogP contribution in [-0.4, -0.2) is 5.11 Å². The molecule has 0 aliphatic rings. The van der Waals surface area contributed by atoms with Crippen molar-refractivity contribution in [3.8, 4) is 5.75 Å². The molecular formula is C20H20O2S. The van der Waals surface area contributed by atoms with Crippen LogP contribution in [0.3, 0.4) is 0 Å². The summed E-state index contributed by atoms with van der Waals surface area (Å²) in [5, 5.41) is 12.1. The molecule has 23 heavy (non-hydrogen) atoms. The van der Waals surface area contributed by atoms with Crippen molar-refractivity contribution in [2.45, 2.75) is 25.6 Å². The van der Waals surface area contributed by atoms with Crippen molar-refractivity contribution in [2.75, 3.05) is 0 Å². The number of hydrogen-bond donors (Lipinski definition) is 1. The highest BCUT2D eigenvalue weighted by molar-refractivity contribution is 7.10. The minimum atomic E-state index is -0.371. The molecule has 0 amide bonds. The average molecular weight is 324 g/mol. The second-order valence-corrected chi connectivity index (χ2v) is 6.47. The van der Waals surface area contributed by atoms with Gasteiger partial charge < -0.3 is 9.84 Å². The largest absolute Gasteiger partial charge is 0.489 e. The summed E-state index contributed by atoms with van der Waals surface area (Å²) in [4.78, 5) is 1.04. The lowest BCUT2D eigenvalue weighted by molar-refractivity contribution is 0.171. The van der Waals surface area contributed by atoms with Crippen LogP contribution < -0.4 is 4.74 Å². The molecule has 1 N–H and O–H groups in total. The third-order valence-corrected chi connectivity index (χ3v) is 4.72. The summed E-state index contributed by atoms with van der Waals surface area (Å²) < 4.78 is 5.78. The molecule has 1 unspecified atom stereocenters. The Bertz CT molecular complexity index is 690. The molecule has 0 aliphatic heterocycles. The summed E-state index contributed by atoms with van der Waals surface area (Å²) in [6.45, 7) is 0.581. The molecule has 3 rings (SSSR count). The van der Waals surface area contributed by atoms with Crippen LogP contribution in [0, 0.1) is 0 Å². The van der Waals surface area contributed by atoms with Crippen LogP contribution in [0.25, 0.3) is 0 Å². The van der Waals surface area contributed by atoms with Crippen LogP contribution in [0.4, 0.5) is 0 Å². The fraction of sp³-hybridized carbons (Fsp3) is 0.200. The van der Waals surface area contributed by atoms with E-state index in [2.05, 4.69) is 24.3 Å². The van der Waals surface area contributed by atoms with Gasteiger partial charge in [0, 0.05) is 4.88 Å². The second kappa shape index (κ2) is 7.95. The Labute approximate surface area is 141 Å². The third kappa shape index (κ3) is 4.68. The lowest BCUT2D eigenvalue weighted by atomic mass is 10.1. The zero-order valence-electron chi connectivity index (χ0n) is 12.9. The summed E-state index contributed by atoms with van der Waals surface area (Å²) >= 11 is 1.60. The zero-order chi connectivity index (χ0) is 15.9. The van der Waals surface area contributed by atoms with Crippen molar-refractivity contribution in [1.29, 1.82) is 0 Å². The molecule has 0 radical (unpaired) electrons. The Morgan fingerprint density at radius 3 is 2.35 bits per heavy atom. The molecule has 3 aromatic rings. The molecule has 0 saturated heterocycles. The number of aliphatic hydroxyl groups excluding tert-OH is 1. The number of benzene rings is 2. The van der Waals surface area contributed by atoms with Crippen molar-refractivity contribution in [1.82, 2.24) is 0 Å². The summed E-state index contributed by atoms with van der Waals surface area (Å²) in [5.41, 5.74) is 2.38. The standard InChI is InChI=1S/C20H20O2S/c21-19(20-7-4-14-23-20)13-10-16-8-11-18(12-9-16)22-15-17-5-2-1-3-6-17/h1-9,11-12,14,19,21H,10,13,15H2. The van der Waals surface area contributed by atoms with E-state index in [9.17, 15) is 5.11 Å². The van der Waals surface area contributed by atoms with Gasteiger partial charge in [-0.2, -0.15) is 0 Å². The van der Waals surface area contributed by atoms with Gasteiger partial charge in [-0.25, -0.2) is 0 Å². The van der Waals surface area contributed by atoms with E-state index >= 15 is 0 Å². The van der Waals surface area contributed by atoms with E-state index in [0.29, 0.717) is 6.61 Å². The highest BCUT2D eigenvalue weighted by Gasteiger charge is 2.08. The number of aryl methyl sites for hydroxylation is 1. The van der Waals surface area contributed by atoms with Crippen LogP contribution in [0.2, 0.25) is 0 Å². The molecule has 1 atom stereocenters. The van der Waals surface area contributed by atoms with Crippen LogP contribution in [0.1, 0.15) is 28.5 Å². The molecule has 0 bridgehead atoms. The van der Waals surface area contributed by atoms with Crippen LogP contribution in [0.15, 0.2) is 72.1 Å². The van der Waals surface area contributed by atoms with E-state index in [1.165, 1.54) is 5.56 Å². The molecule has 0 fully saturated rings. The second-order valence-electron chi connectivity index (χ2n) is 5.49. The Morgan fingerprint density at radius 2 is 1.65 bits per heavy atom. The lowest BCUT2D eigenvalue weighted by Crippen LogP contribution is -1.98. The van der Waals surface area contributed by atoms with E-state index < -0.39 is 0 Å². The molecule has 0 saturated carbocycles. The Balaban J connectivity index is 1.49. The fourth-order valence-corrected chi connectivity index (χ4v) is 3.17. The quantitative estimate of drug-likeness (QED) is 0.663. The molecule has 2 nitrogen and oxygen atoms in total. The van der Waals surface area contributed by atoms with Crippen molar-refractivity contribution < 1.29 is 9.84 Å². The Morgan fingerprint density at radius 1 is 0.870 bits per heavy atom. The number of rotatable bonds is 7. The molecule has 3 heteroatoms. The van der Waals surface area contributed by atoms with Gasteiger partial charge >= 0.3 is 0 Å². The smallest absolute Gasteiger partial charge is 0.119 e. The maximum atomic E-state index is 10.1. The van der Waals surface area contributed by atoms with Gasteiger partial charge in [0.25, 0.3) is 0 Å². The van der Waals surface area contributed by atoms with E-state index in [0.717, 1.165) is 29.0 Å².